The molecule has 6 nitrogen and oxygen atoms in total. The number of nitrogens with one attached hydrogen (secondary N) is 1. The Labute approximate surface area is 169 Å². The topological polar surface area (TPSA) is 80.1 Å². The summed E-state index contributed by atoms with van der Waals surface area (Å²) >= 11 is 0. The Hall–Kier alpha value is -3.80. The zero-order chi connectivity index (χ0) is 20.6. The SMILES string of the molecule is Cc1cc(C)cc(C(=O)OCC(=O)Nc2ccc(N=Nc3ccccc3)cc2)c1. The van der Waals surface area contributed by atoms with Gasteiger partial charge in [0.15, 0.2) is 6.61 Å². The highest BCUT2D eigenvalue weighted by Crippen LogP contribution is 2.20. The van der Waals surface area contributed by atoms with Gasteiger partial charge in [-0.1, -0.05) is 35.4 Å². The summed E-state index contributed by atoms with van der Waals surface area (Å²) in [6, 6.07) is 21.7. The molecule has 6 heteroatoms. The van der Waals surface area contributed by atoms with Gasteiger partial charge in [-0.25, -0.2) is 4.79 Å². The number of aryl methyl sites for hydroxylation is 2. The van der Waals surface area contributed by atoms with Crippen molar-refractivity contribution < 1.29 is 14.3 Å². The van der Waals surface area contributed by atoms with Crippen molar-refractivity contribution in [1.29, 1.82) is 0 Å². The second-order valence-corrected chi connectivity index (χ2v) is 6.58. The van der Waals surface area contributed by atoms with E-state index in [4.69, 9.17) is 4.74 Å². The summed E-state index contributed by atoms with van der Waals surface area (Å²) in [5.41, 5.74) is 4.36. The maximum atomic E-state index is 12.1. The summed E-state index contributed by atoms with van der Waals surface area (Å²) in [4.78, 5) is 24.2. The summed E-state index contributed by atoms with van der Waals surface area (Å²) in [5, 5.41) is 11.0. The van der Waals surface area contributed by atoms with E-state index in [0.717, 1.165) is 16.8 Å². The molecule has 1 N–H and O–H groups in total. The molecule has 0 unspecified atom stereocenters. The molecule has 3 aromatic carbocycles. The van der Waals surface area contributed by atoms with Gasteiger partial charge >= 0.3 is 5.97 Å². The van der Waals surface area contributed by atoms with Gasteiger partial charge in [0.25, 0.3) is 5.91 Å². The van der Waals surface area contributed by atoms with E-state index >= 15 is 0 Å². The minimum Gasteiger partial charge on any atom is -0.452 e. The lowest BCUT2D eigenvalue weighted by Crippen LogP contribution is -2.21. The van der Waals surface area contributed by atoms with Gasteiger partial charge < -0.3 is 10.1 Å². The largest absolute Gasteiger partial charge is 0.452 e. The molecule has 0 aliphatic carbocycles. The van der Waals surface area contributed by atoms with Crippen LogP contribution in [-0.2, 0) is 9.53 Å². The summed E-state index contributed by atoms with van der Waals surface area (Å²) in [5.74, 6) is -0.940. The van der Waals surface area contributed by atoms with E-state index in [1.165, 1.54) is 0 Å². The van der Waals surface area contributed by atoms with Crippen LogP contribution in [-0.4, -0.2) is 18.5 Å². The Bertz CT molecular complexity index is 1010. The van der Waals surface area contributed by atoms with Crippen molar-refractivity contribution in [2.45, 2.75) is 13.8 Å². The van der Waals surface area contributed by atoms with Crippen molar-refractivity contribution in [3.8, 4) is 0 Å². The second kappa shape index (κ2) is 9.41. The number of carbonyl (C=O) groups is 2. The van der Waals surface area contributed by atoms with Gasteiger partial charge in [-0.15, -0.1) is 0 Å². The van der Waals surface area contributed by atoms with E-state index in [2.05, 4.69) is 15.5 Å². The van der Waals surface area contributed by atoms with Crippen molar-refractivity contribution in [2.75, 3.05) is 11.9 Å². The number of amides is 1. The molecule has 0 heterocycles. The van der Waals surface area contributed by atoms with Gasteiger partial charge in [-0.05, 0) is 62.4 Å². The highest BCUT2D eigenvalue weighted by molar-refractivity contribution is 5.95. The molecule has 0 atom stereocenters. The fourth-order valence-electron chi connectivity index (χ4n) is 2.73. The first-order valence-corrected chi connectivity index (χ1v) is 9.12. The minimum atomic E-state index is -0.524. The lowest BCUT2D eigenvalue weighted by molar-refractivity contribution is -0.119. The molecule has 0 radical (unpaired) electrons. The standard InChI is InChI=1S/C23H21N3O3/c1-16-12-17(2)14-18(13-16)23(28)29-15-22(27)24-19-8-10-21(11-9-19)26-25-20-6-4-3-5-7-20/h3-14H,15H2,1-2H3,(H,24,27). The van der Waals surface area contributed by atoms with E-state index in [-0.39, 0.29) is 6.61 Å². The highest BCUT2D eigenvalue weighted by atomic mass is 16.5. The van der Waals surface area contributed by atoms with Crippen molar-refractivity contribution in [1.82, 2.24) is 0 Å². The zero-order valence-electron chi connectivity index (χ0n) is 16.3. The number of benzene rings is 3. The van der Waals surface area contributed by atoms with Crippen LogP contribution in [0.2, 0.25) is 0 Å². The Balaban J connectivity index is 1.51. The number of nitrogens with zero attached hydrogens (tertiary/aromatic N) is 2. The van der Waals surface area contributed by atoms with Crippen LogP contribution in [0.4, 0.5) is 17.1 Å². The van der Waals surface area contributed by atoms with Crippen LogP contribution < -0.4 is 5.32 Å². The molecule has 29 heavy (non-hydrogen) atoms. The zero-order valence-corrected chi connectivity index (χ0v) is 16.3. The monoisotopic (exact) mass is 387 g/mol. The summed E-state index contributed by atoms with van der Waals surface area (Å²) in [6.07, 6.45) is 0. The van der Waals surface area contributed by atoms with Crippen LogP contribution in [0.3, 0.4) is 0 Å². The van der Waals surface area contributed by atoms with Gasteiger partial charge in [-0.3, -0.25) is 4.79 Å². The number of hydrogen-bond acceptors (Lipinski definition) is 5. The summed E-state index contributed by atoms with van der Waals surface area (Å²) < 4.78 is 5.10. The van der Waals surface area contributed by atoms with Gasteiger partial charge in [-0.2, -0.15) is 10.2 Å². The maximum Gasteiger partial charge on any atom is 0.338 e. The third-order valence-corrected chi connectivity index (χ3v) is 3.98. The molecule has 0 saturated carbocycles. The van der Waals surface area contributed by atoms with Gasteiger partial charge in [0.05, 0.1) is 16.9 Å². The molecule has 0 spiro atoms. The van der Waals surface area contributed by atoms with E-state index < -0.39 is 11.9 Å². The van der Waals surface area contributed by atoms with Gasteiger partial charge in [0.2, 0.25) is 0 Å². The fourth-order valence-corrected chi connectivity index (χ4v) is 2.73. The number of carbonyl (C=O) groups excluding carboxylic acids is 2. The first kappa shape index (κ1) is 19.9. The predicted octanol–water partition coefficient (Wildman–Crippen LogP) is 5.51. The number of ether oxygens (including phenoxy) is 1. The first-order valence-electron chi connectivity index (χ1n) is 9.12. The normalized spacial score (nSPS) is 10.7. The fraction of sp³-hybridized carbons (Fsp3) is 0.130. The van der Waals surface area contributed by atoms with Gasteiger partial charge in [0.1, 0.15) is 0 Å². The minimum absolute atomic E-state index is 0.360. The van der Waals surface area contributed by atoms with Crippen LogP contribution in [0, 0.1) is 13.8 Å². The summed E-state index contributed by atoms with van der Waals surface area (Å²) in [7, 11) is 0. The summed E-state index contributed by atoms with van der Waals surface area (Å²) in [6.45, 7) is 3.44. The van der Waals surface area contributed by atoms with E-state index in [1.54, 1.807) is 36.4 Å². The highest BCUT2D eigenvalue weighted by Gasteiger charge is 2.11. The lowest BCUT2D eigenvalue weighted by atomic mass is 10.1. The van der Waals surface area contributed by atoms with E-state index in [1.807, 2.05) is 50.2 Å². The Morgan fingerprint density at radius 3 is 2.03 bits per heavy atom. The average molecular weight is 387 g/mol. The van der Waals surface area contributed by atoms with Crippen LogP contribution in [0.5, 0.6) is 0 Å². The van der Waals surface area contributed by atoms with Gasteiger partial charge in [0, 0.05) is 5.69 Å². The third-order valence-electron chi connectivity index (χ3n) is 3.98. The Kier molecular flexibility index (Phi) is 6.47. The molecule has 0 aliphatic rings. The molecule has 3 aromatic rings. The molecule has 146 valence electrons. The second-order valence-electron chi connectivity index (χ2n) is 6.58. The van der Waals surface area contributed by atoms with Crippen molar-refractivity contribution in [3.63, 3.8) is 0 Å². The number of azo groups is 1. The van der Waals surface area contributed by atoms with Crippen molar-refractivity contribution in [2.24, 2.45) is 10.2 Å². The third kappa shape index (κ3) is 6.10. The Morgan fingerprint density at radius 1 is 0.828 bits per heavy atom. The first-order chi connectivity index (χ1) is 14.0. The smallest absolute Gasteiger partial charge is 0.338 e. The van der Waals surface area contributed by atoms with Crippen LogP contribution in [0.25, 0.3) is 0 Å². The molecular formula is C23H21N3O3. The molecule has 0 fully saturated rings. The van der Waals surface area contributed by atoms with Crippen LogP contribution >= 0.6 is 0 Å². The van der Waals surface area contributed by atoms with E-state index in [9.17, 15) is 9.59 Å². The molecule has 0 saturated heterocycles. The lowest BCUT2D eigenvalue weighted by Gasteiger charge is -2.08. The molecule has 1 amide bonds. The molecule has 0 bridgehead atoms. The van der Waals surface area contributed by atoms with Crippen LogP contribution in [0.15, 0.2) is 83.0 Å². The molecule has 3 rings (SSSR count). The maximum absolute atomic E-state index is 12.1. The number of anilines is 1. The number of hydrogen-bond donors (Lipinski definition) is 1. The molecular weight excluding hydrogens is 366 g/mol. The number of rotatable bonds is 6. The van der Waals surface area contributed by atoms with Crippen LogP contribution in [0.1, 0.15) is 21.5 Å². The van der Waals surface area contributed by atoms with Crippen molar-refractivity contribution >= 4 is 28.9 Å². The molecule has 0 aliphatic heterocycles. The van der Waals surface area contributed by atoms with Crippen molar-refractivity contribution in [3.05, 3.63) is 89.5 Å². The molecule has 0 aromatic heterocycles. The Morgan fingerprint density at radius 2 is 1.41 bits per heavy atom. The van der Waals surface area contributed by atoms with E-state index in [0.29, 0.717) is 16.9 Å². The average Bonchev–Trinajstić information content (AvgIpc) is 2.71. The predicted molar refractivity (Wildman–Crippen MR) is 112 cm³/mol. The quantitative estimate of drug-likeness (QED) is 0.447. The number of esters is 1.